The second-order valence-corrected chi connectivity index (χ2v) is 6.84. The summed E-state index contributed by atoms with van der Waals surface area (Å²) in [4.78, 5) is 4.59. The summed E-state index contributed by atoms with van der Waals surface area (Å²) in [5.41, 5.74) is 2.42. The van der Waals surface area contributed by atoms with Gasteiger partial charge in [-0.1, -0.05) is 29.8 Å². The standard InChI is InChI=1S/C16H17N3O2S/c1-12-5-7-15(8-6-12)22(20,21)19-14-4-2-3-13(11-14)16-17-9-10-18-16/h2-8,11,19H,9-10H2,1H3,(H,17,18). The summed E-state index contributed by atoms with van der Waals surface area (Å²) in [6.45, 7) is 3.48. The maximum absolute atomic E-state index is 12.4. The van der Waals surface area contributed by atoms with Crippen molar-refractivity contribution in [1.29, 1.82) is 0 Å². The topological polar surface area (TPSA) is 70.6 Å². The molecule has 0 radical (unpaired) electrons. The van der Waals surface area contributed by atoms with Crippen LogP contribution in [0.4, 0.5) is 5.69 Å². The van der Waals surface area contributed by atoms with Crippen molar-refractivity contribution in [2.24, 2.45) is 4.99 Å². The van der Waals surface area contributed by atoms with Crippen molar-refractivity contribution in [3.8, 4) is 0 Å². The molecule has 3 rings (SSSR count). The van der Waals surface area contributed by atoms with Crippen molar-refractivity contribution >= 4 is 21.5 Å². The van der Waals surface area contributed by atoms with Crippen LogP contribution in [-0.4, -0.2) is 27.3 Å². The average Bonchev–Trinajstić information content (AvgIpc) is 3.02. The van der Waals surface area contributed by atoms with Crippen LogP contribution in [0.25, 0.3) is 0 Å². The normalized spacial score (nSPS) is 14.3. The van der Waals surface area contributed by atoms with E-state index in [1.807, 2.05) is 19.1 Å². The Morgan fingerprint density at radius 3 is 2.59 bits per heavy atom. The third-order valence-corrected chi connectivity index (χ3v) is 4.79. The third-order valence-electron chi connectivity index (χ3n) is 3.39. The highest BCUT2D eigenvalue weighted by Gasteiger charge is 2.15. The summed E-state index contributed by atoms with van der Waals surface area (Å²) in [5, 5.41) is 3.17. The number of hydrogen-bond acceptors (Lipinski definition) is 4. The second-order valence-electron chi connectivity index (χ2n) is 5.16. The van der Waals surface area contributed by atoms with Crippen molar-refractivity contribution < 1.29 is 8.42 Å². The van der Waals surface area contributed by atoms with E-state index in [0.717, 1.165) is 30.1 Å². The van der Waals surface area contributed by atoms with Gasteiger partial charge in [0.05, 0.1) is 11.4 Å². The minimum Gasteiger partial charge on any atom is -0.368 e. The van der Waals surface area contributed by atoms with Crippen LogP contribution in [0.3, 0.4) is 0 Å². The predicted octanol–water partition coefficient (Wildman–Crippen LogP) is 2.15. The van der Waals surface area contributed by atoms with E-state index in [4.69, 9.17) is 0 Å². The van der Waals surface area contributed by atoms with Crippen LogP contribution >= 0.6 is 0 Å². The van der Waals surface area contributed by atoms with Crippen LogP contribution in [0.1, 0.15) is 11.1 Å². The lowest BCUT2D eigenvalue weighted by molar-refractivity contribution is 0.601. The molecule has 0 saturated heterocycles. The van der Waals surface area contributed by atoms with Gasteiger partial charge in [-0.05, 0) is 31.2 Å². The molecule has 0 aromatic heterocycles. The first kappa shape index (κ1) is 14.6. The molecule has 0 aliphatic carbocycles. The maximum atomic E-state index is 12.4. The molecule has 1 aliphatic heterocycles. The van der Waals surface area contributed by atoms with Crippen molar-refractivity contribution in [2.75, 3.05) is 17.8 Å². The number of hydrogen-bond donors (Lipinski definition) is 2. The van der Waals surface area contributed by atoms with E-state index in [2.05, 4.69) is 15.0 Å². The van der Waals surface area contributed by atoms with Gasteiger partial charge in [-0.2, -0.15) is 0 Å². The van der Waals surface area contributed by atoms with Crippen LogP contribution in [0.15, 0.2) is 58.4 Å². The molecule has 0 saturated carbocycles. The Kier molecular flexibility index (Phi) is 3.85. The van der Waals surface area contributed by atoms with Crippen molar-refractivity contribution in [1.82, 2.24) is 5.32 Å². The lowest BCUT2D eigenvalue weighted by Gasteiger charge is -2.10. The summed E-state index contributed by atoms with van der Waals surface area (Å²) in [7, 11) is -3.58. The Bertz CT molecular complexity index is 812. The van der Waals surface area contributed by atoms with E-state index in [1.165, 1.54) is 0 Å². The highest BCUT2D eigenvalue weighted by Crippen LogP contribution is 2.18. The lowest BCUT2D eigenvalue weighted by Crippen LogP contribution is -2.20. The summed E-state index contributed by atoms with van der Waals surface area (Å²) in [6, 6.07) is 14.0. The number of amidine groups is 1. The van der Waals surface area contributed by atoms with Gasteiger partial charge in [-0.25, -0.2) is 8.42 Å². The largest absolute Gasteiger partial charge is 0.368 e. The highest BCUT2D eigenvalue weighted by atomic mass is 32.2. The summed E-state index contributed by atoms with van der Waals surface area (Å²) in [6.07, 6.45) is 0. The molecule has 0 fully saturated rings. The number of sulfonamides is 1. The number of rotatable bonds is 4. The molecule has 1 heterocycles. The molecular weight excluding hydrogens is 298 g/mol. The fourth-order valence-corrected chi connectivity index (χ4v) is 3.30. The molecule has 114 valence electrons. The minimum absolute atomic E-state index is 0.250. The summed E-state index contributed by atoms with van der Waals surface area (Å²) in [5.74, 6) is 0.802. The van der Waals surface area contributed by atoms with Crippen LogP contribution in [0.5, 0.6) is 0 Å². The Labute approximate surface area is 130 Å². The molecular formula is C16H17N3O2S. The van der Waals surface area contributed by atoms with Gasteiger partial charge >= 0.3 is 0 Å². The molecule has 0 unspecified atom stereocenters. The molecule has 22 heavy (non-hydrogen) atoms. The average molecular weight is 315 g/mol. The fraction of sp³-hybridized carbons (Fsp3) is 0.188. The molecule has 2 aromatic carbocycles. The number of benzene rings is 2. The van der Waals surface area contributed by atoms with Gasteiger partial charge < -0.3 is 5.32 Å². The Morgan fingerprint density at radius 2 is 1.91 bits per heavy atom. The number of anilines is 1. The van der Waals surface area contributed by atoms with E-state index in [-0.39, 0.29) is 4.90 Å². The highest BCUT2D eigenvalue weighted by molar-refractivity contribution is 7.92. The Morgan fingerprint density at radius 1 is 1.14 bits per heavy atom. The smallest absolute Gasteiger partial charge is 0.261 e. The first-order valence-corrected chi connectivity index (χ1v) is 8.51. The molecule has 5 nitrogen and oxygen atoms in total. The molecule has 0 amide bonds. The van der Waals surface area contributed by atoms with Crippen molar-refractivity contribution in [3.05, 3.63) is 59.7 Å². The van der Waals surface area contributed by atoms with Gasteiger partial charge in [-0.3, -0.25) is 9.71 Å². The third kappa shape index (κ3) is 3.12. The Balaban J connectivity index is 1.86. The lowest BCUT2D eigenvalue weighted by atomic mass is 10.2. The van der Waals surface area contributed by atoms with Crippen molar-refractivity contribution in [3.63, 3.8) is 0 Å². The number of nitrogens with one attached hydrogen (secondary N) is 2. The maximum Gasteiger partial charge on any atom is 0.261 e. The quantitative estimate of drug-likeness (QED) is 0.908. The number of nitrogens with zero attached hydrogens (tertiary/aromatic N) is 1. The zero-order valence-corrected chi connectivity index (χ0v) is 13.0. The summed E-state index contributed by atoms with van der Waals surface area (Å²) < 4.78 is 27.4. The second kappa shape index (κ2) is 5.81. The Hall–Kier alpha value is -2.34. The van der Waals surface area contributed by atoms with Crippen LogP contribution < -0.4 is 10.0 Å². The van der Waals surface area contributed by atoms with Crippen LogP contribution in [0, 0.1) is 6.92 Å². The summed E-state index contributed by atoms with van der Waals surface area (Å²) >= 11 is 0. The minimum atomic E-state index is -3.58. The van der Waals surface area contributed by atoms with E-state index in [1.54, 1.807) is 36.4 Å². The van der Waals surface area contributed by atoms with Crippen LogP contribution in [-0.2, 0) is 10.0 Å². The van der Waals surface area contributed by atoms with E-state index in [0.29, 0.717) is 5.69 Å². The fourth-order valence-electron chi connectivity index (χ4n) is 2.25. The van der Waals surface area contributed by atoms with E-state index >= 15 is 0 Å². The van der Waals surface area contributed by atoms with Gasteiger partial charge in [0.2, 0.25) is 0 Å². The van der Waals surface area contributed by atoms with E-state index in [9.17, 15) is 8.42 Å². The van der Waals surface area contributed by atoms with Crippen LogP contribution in [0.2, 0.25) is 0 Å². The van der Waals surface area contributed by atoms with Gasteiger partial charge in [-0.15, -0.1) is 0 Å². The first-order valence-electron chi connectivity index (χ1n) is 7.03. The SMILES string of the molecule is Cc1ccc(S(=O)(=O)Nc2cccc(C3=NCCN3)c2)cc1. The molecule has 6 heteroatoms. The zero-order chi connectivity index (χ0) is 15.6. The van der Waals surface area contributed by atoms with E-state index < -0.39 is 10.0 Å². The van der Waals surface area contributed by atoms with Crippen molar-refractivity contribution in [2.45, 2.75) is 11.8 Å². The van der Waals surface area contributed by atoms with Gasteiger partial charge in [0, 0.05) is 17.8 Å². The first-order chi connectivity index (χ1) is 10.5. The molecule has 0 spiro atoms. The number of aryl methyl sites for hydroxylation is 1. The molecule has 1 aliphatic rings. The van der Waals surface area contributed by atoms with Gasteiger partial charge in [0.1, 0.15) is 5.84 Å². The molecule has 0 atom stereocenters. The monoisotopic (exact) mass is 315 g/mol. The molecule has 2 N–H and O–H groups in total. The number of aliphatic imine (C=N–C) groups is 1. The predicted molar refractivity (Wildman–Crippen MR) is 87.8 cm³/mol. The molecule has 0 bridgehead atoms. The van der Waals surface area contributed by atoms with Gasteiger partial charge in [0.25, 0.3) is 10.0 Å². The zero-order valence-electron chi connectivity index (χ0n) is 12.2. The molecule has 2 aromatic rings. The van der Waals surface area contributed by atoms with Gasteiger partial charge in [0.15, 0.2) is 0 Å².